The Balaban J connectivity index is 2.86. The monoisotopic (exact) mass is 313 g/mol. The fourth-order valence-electron chi connectivity index (χ4n) is 1.60. The second kappa shape index (κ2) is 6.54. The van der Waals surface area contributed by atoms with Crippen LogP contribution in [0.25, 0.3) is 0 Å². The molecule has 0 bridgehead atoms. The number of carbonyl (C=O) groups is 2. The summed E-state index contributed by atoms with van der Waals surface area (Å²) in [6.07, 6.45) is 1.12. The van der Waals surface area contributed by atoms with E-state index in [0.29, 0.717) is 22.9 Å². The first-order chi connectivity index (χ1) is 8.45. The zero-order valence-corrected chi connectivity index (χ0v) is 12.0. The number of amides is 1. The lowest BCUT2D eigenvalue weighted by atomic mass is 10.1. The molecule has 0 aromatic heterocycles. The van der Waals surface area contributed by atoms with E-state index in [-0.39, 0.29) is 5.91 Å². The molecule has 1 atom stereocenters. The minimum absolute atomic E-state index is 0.369. The Morgan fingerprint density at radius 3 is 2.67 bits per heavy atom. The number of nitrogens with one attached hydrogen (secondary N) is 1. The summed E-state index contributed by atoms with van der Waals surface area (Å²) in [5.74, 6) is -1.37. The van der Waals surface area contributed by atoms with Crippen LogP contribution in [0.1, 0.15) is 35.7 Å². The topological polar surface area (TPSA) is 66.4 Å². The summed E-state index contributed by atoms with van der Waals surface area (Å²) in [5.41, 5.74) is 1.41. The Morgan fingerprint density at radius 2 is 2.11 bits per heavy atom. The van der Waals surface area contributed by atoms with Crippen molar-refractivity contribution in [3.8, 4) is 0 Å². The normalized spacial score (nSPS) is 11.9. The third-order valence-electron chi connectivity index (χ3n) is 2.55. The van der Waals surface area contributed by atoms with Crippen molar-refractivity contribution in [1.29, 1.82) is 0 Å². The number of hydrogen-bond donors (Lipinski definition) is 2. The van der Waals surface area contributed by atoms with Gasteiger partial charge in [-0.05, 0) is 41.4 Å². The van der Waals surface area contributed by atoms with E-state index in [1.165, 1.54) is 0 Å². The molecular formula is C13H16BrNO3. The Kier molecular flexibility index (Phi) is 5.34. The smallest absolute Gasteiger partial charge is 0.326 e. The van der Waals surface area contributed by atoms with Crippen molar-refractivity contribution in [3.05, 3.63) is 33.8 Å². The maximum atomic E-state index is 12.0. The molecule has 0 fully saturated rings. The second-order valence-electron chi connectivity index (χ2n) is 4.14. The highest BCUT2D eigenvalue weighted by Gasteiger charge is 2.20. The van der Waals surface area contributed by atoms with E-state index < -0.39 is 12.0 Å². The zero-order chi connectivity index (χ0) is 13.7. The molecule has 1 amide bonds. The molecule has 0 spiro atoms. The van der Waals surface area contributed by atoms with Gasteiger partial charge in [0, 0.05) is 4.47 Å². The molecule has 4 nitrogen and oxygen atoms in total. The molecule has 0 saturated carbocycles. The van der Waals surface area contributed by atoms with Crippen molar-refractivity contribution in [1.82, 2.24) is 5.32 Å². The fraction of sp³-hybridized carbons (Fsp3) is 0.385. The average molecular weight is 314 g/mol. The molecule has 0 aliphatic carbocycles. The third kappa shape index (κ3) is 3.84. The fourth-order valence-corrected chi connectivity index (χ4v) is 2.02. The van der Waals surface area contributed by atoms with Gasteiger partial charge in [-0.15, -0.1) is 0 Å². The number of aliphatic carboxylic acids is 1. The number of rotatable bonds is 5. The first-order valence-electron chi connectivity index (χ1n) is 5.75. The molecule has 0 heterocycles. The van der Waals surface area contributed by atoms with Crippen LogP contribution in [0.3, 0.4) is 0 Å². The van der Waals surface area contributed by atoms with Gasteiger partial charge in [0.2, 0.25) is 0 Å². The molecule has 18 heavy (non-hydrogen) atoms. The molecule has 1 rings (SSSR count). The molecule has 0 saturated heterocycles. The highest BCUT2D eigenvalue weighted by Crippen LogP contribution is 2.18. The van der Waals surface area contributed by atoms with Crippen molar-refractivity contribution in [2.45, 2.75) is 32.7 Å². The van der Waals surface area contributed by atoms with Crippen LogP contribution in [0, 0.1) is 6.92 Å². The predicted octanol–water partition coefficient (Wildman–Crippen LogP) is 2.74. The van der Waals surface area contributed by atoms with Gasteiger partial charge in [0.15, 0.2) is 0 Å². The first kappa shape index (κ1) is 14.7. The van der Waals surface area contributed by atoms with Gasteiger partial charge in [-0.1, -0.05) is 25.0 Å². The number of aryl methyl sites for hydroxylation is 1. The molecule has 5 heteroatoms. The lowest BCUT2D eigenvalue weighted by Crippen LogP contribution is -2.40. The lowest BCUT2D eigenvalue weighted by Gasteiger charge is -2.14. The van der Waals surface area contributed by atoms with Gasteiger partial charge < -0.3 is 10.4 Å². The number of hydrogen-bond acceptors (Lipinski definition) is 2. The number of benzene rings is 1. The van der Waals surface area contributed by atoms with Crippen LogP contribution >= 0.6 is 15.9 Å². The Hall–Kier alpha value is -1.36. The molecule has 0 unspecified atom stereocenters. The van der Waals surface area contributed by atoms with E-state index in [1.54, 1.807) is 12.1 Å². The summed E-state index contributed by atoms with van der Waals surface area (Å²) in [4.78, 5) is 23.0. The van der Waals surface area contributed by atoms with Crippen molar-refractivity contribution in [3.63, 3.8) is 0 Å². The van der Waals surface area contributed by atoms with E-state index in [9.17, 15) is 9.59 Å². The number of carbonyl (C=O) groups excluding carboxylic acids is 1. The molecule has 2 N–H and O–H groups in total. The zero-order valence-electron chi connectivity index (χ0n) is 10.4. The molecule has 0 radical (unpaired) electrons. The quantitative estimate of drug-likeness (QED) is 0.878. The average Bonchev–Trinajstić information content (AvgIpc) is 2.31. The predicted molar refractivity (Wildman–Crippen MR) is 72.7 cm³/mol. The largest absolute Gasteiger partial charge is 0.480 e. The SMILES string of the molecule is CCC[C@H](NC(=O)c1cc(C)ccc1Br)C(=O)O. The van der Waals surface area contributed by atoms with Crippen molar-refractivity contribution < 1.29 is 14.7 Å². The number of halogens is 1. The van der Waals surface area contributed by atoms with Crippen molar-refractivity contribution >= 4 is 27.8 Å². The highest BCUT2D eigenvalue weighted by molar-refractivity contribution is 9.10. The Bertz CT molecular complexity index is 460. The summed E-state index contributed by atoms with van der Waals surface area (Å²) in [6, 6.07) is 4.54. The summed E-state index contributed by atoms with van der Waals surface area (Å²) < 4.78 is 0.659. The molecule has 0 aliphatic rings. The molecule has 1 aromatic carbocycles. The minimum atomic E-state index is -1.01. The highest BCUT2D eigenvalue weighted by atomic mass is 79.9. The van der Waals surface area contributed by atoms with Gasteiger partial charge in [0.25, 0.3) is 5.91 Å². The van der Waals surface area contributed by atoms with Crippen LogP contribution < -0.4 is 5.32 Å². The number of carboxylic acids is 1. The van der Waals surface area contributed by atoms with E-state index in [1.807, 2.05) is 19.9 Å². The van der Waals surface area contributed by atoms with Gasteiger partial charge in [0.05, 0.1) is 5.56 Å². The number of carboxylic acid groups (broad SMARTS) is 1. The van der Waals surface area contributed by atoms with Crippen LogP contribution in [-0.2, 0) is 4.79 Å². The van der Waals surface area contributed by atoms with Crippen LogP contribution in [0.2, 0.25) is 0 Å². The van der Waals surface area contributed by atoms with Crippen LogP contribution in [0.4, 0.5) is 0 Å². The Morgan fingerprint density at radius 1 is 1.44 bits per heavy atom. The summed E-state index contributed by atoms with van der Waals surface area (Å²) in [7, 11) is 0. The van der Waals surface area contributed by atoms with Gasteiger partial charge in [-0.2, -0.15) is 0 Å². The summed E-state index contributed by atoms with van der Waals surface area (Å²) in [5, 5.41) is 11.5. The van der Waals surface area contributed by atoms with Crippen LogP contribution in [0.5, 0.6) is 0 Å². The summed E-state index contributed by atoms with van der Waals surface area (Å²) in [6.45, 7) is 3.76. The maximum Gasteiger partial charge on any atom is 0.326 e. The lowest BCUT2D eigenvalue weighted by molar-refractivity contribution is -0.139. The molecule has 0 aliphatic heterocycles. The van der Waals surface area contributed by atoms with Gasteiger partial charge in [-0.25, -0.2) is 4.79 Å². The molecule has 98 valence electrons. The van der Waals surface area contributed by atoms with Crippen molar-refractivity contribution in [2.24, 2.45) is 0 Å². The first-order valence-corrected chi connectivity index (χ1v) is 6.54. The van der Waals surface area contributed by atoms with Gasteiger partial charge in [-0.3, -0.25) is 4.79 Å². The third-order valence-corrected chi connectivity index (χ3v) is 3.24. The van der Waals surface area contributed by atoms with E-state index in [0.717, 1.165) is 5.56 Å². The van der Waals surface area contributed by atoms with Crippen molar-refractivity contribution in [2.75, 3.05) is 0 Å². The maximum absolute atomic E-state index is 12.0. The second-order valence-corrected chi connectivity index (χ2v) is 4.99. The summed E-state index contributed by atoms with van der Waals surface area (Å²) >= 11 is 3.29. The minimum Gasteiger partial charge on any atom is -0.480 e. The Labute approximate surface area is 115 Å². The van der Waals surface area contributed by atoms with Gasteiger partial charge in [0.1, 0.15) is 6.04 Å². The van der Waals surface area contributed by atoms with Crippen LogP contribution in [0.15, 0.2) is 22.7 Å². The molecular weight excluding hydrogens is 298 g/mol. The standard InChI is InChI=1S/C13H16BrNO3/c1-3-4-11(13(17)18)15-12(16)9-7-8(2)5-6-10(9)14/h5-7,11H,3-4H2,1-2H3,(H,15,16)(H,17,18)/t11-/m0/s1. The van der Waals surface area contributed by atoms with Gasteiger partial charge >= 0.3 is 5.97 Å². The molecule has 1 aromatic rings. The van der Waals surface area contributed by atoms with Crippen LogP contribution in [-0.4, -0.2) is 23.0 Å². The van der Waals surface area contributed by atoms with E-state index in [4.69, 9.17) is 5.11 Å². The van der Waals surface area contributed by atoms with E-state index in [2.05, 4.69) is 21.2 Å². The van der Waals surface area contributed by atoms with E-state index >= 15 is 0 Å².